The molecule has 2 unspecified atom stereocenters. The summed E-state index contributed by atoms with van der Waals surface area (Å²) < 4.78 is 0. The number of hydrogen-bond donors (Lipinski definition) is 3. The highest BCUT2D eigenvalue weighted by atomic mass is 32.1. The smallest absolute Gasteiger partial charge is 0.335 e. The Morgan fingerprint density at radius 1 is 1.17 bits per heavy atom. The lowest BCUT2D eigenvalue weighted by molar-refractivity contribution is -0.148. The Morgan fingerprint density at radius 2 is 1.86 bits per heavy atom. The van der Waals surface area contributed by atoms with E-state index in [0.29, 0.717) is 30.1 Å². The van der Waals surface area contributed by atoms with Crippen LogP contribution in [0.25, 0.3) is 0 Å². The van der Waals surface area contributed by atoms with Gasteiger partial charge in [-0.2, -0.15) is 5.26 Å². The normalized spacial score (nSPS) is 29.0. The van der Waals surface area contributed by atoms with Crippen molar-refractivity contribution in [1.29, 1.82) is 5.26 Å². The number of carboxylic acid groups (broad SMARTS) is 1. The van der Waals surface area contributed by atoms with Crippen molar-refractivity contribution in [2.45, 2.75) is 64.0 Å². The maximum Gasteiger partial charge on any atom is 0.335 e. The van der Waals surface area contributed by atoms with Crippen molar-refractivity contribution in [2.75, 3.05) is 0 Å². The van der Waals surface area contributed by atoms with Gasteiger partial charge in [-0.3, -0.25) is 15.1 Å². The van der Waals surface area contributed by atoms with Crippen LogP contribution in [-0.4, -0.2) is 28.9 Å². The lowest BCUT2D eigenvalue weighted by atomic mass is 9.47. The van der Waals surface area contributed by atoms with Crippen molar-refractivity contribution in [3.63, 3.8) is 0 Å². The van der Waals surface area contributed by atoms with Crippen LogP contribution in [0.3, 0.4) is 0 Å². The number of nitriles is 1. The van der Waals surface area contributed by atoms with Gasteiger partial charge in [0.2, 0.25) is 5.91 Å². The molecular weight excluding hydrogens is 472 g/mol. The van der Waals surface area contributed by atoms with Crippen LogP contribution in [0.5, 0.6) is 0 Å². The van der Waals surface area contributed by atoms with Gasteiger partial charge in [-0.25, -0.2) is 4.79 Å². The van der Waals surface area contributed by atoms with Crippen molar-refractivity contribution in [3.8, 4) is 6.19 Å². The predicted molar refractivity (Wildman–Crippen MR) is 139 cm³/mol. The summed E-state index contributed by atoms with van der Waals surface area (Å²) in [5.74, 6) is 1.10. The standard InChI is InChI=1S/C28H32N4O3S/c1-27(2,22-4-3-9-36-22)25(31-16-29)32-23-20-10-18-11-21(23)14-28(12-18,13-20)26(35)30-15-17-5-7-19(8-6-17)24(33)34/h3-9,18,20-21,23H,10-15H2,1-2H3,(H,30,35)(H,31,32)(H,33,34). The van der Waals surface area contributed by atoms with Gasteiger partial charge in [0.1, 0.15) is 5.84 Å². The zero-order valence-corrected chi connectivity index (χ0v) is 21.5. The van der Waals surface area contributed by atoms with Gasteiger partial charge >= 0.3 is 5.97 Å². The summed E-state index contributed by atoms with van der Waals surface area (Å²) in [4.78, 5) is 31.0. The molecule has 1 aromatic heterocycles. The quantitative estimate of drug-likeness (QED) is 0.219. The number of hydrogen-bond acceptors (Lipinski definition) is 5. The fraction of sp³-hybridized carbons (Fsp3) is 0.500. The molecule has 188 valence electrons. The van der Waals surface area contributed by atoms with Gasteiger partial charge < -0.3 is 10.4 Å². The van der Waals surface area contributed by atoms with Gasteiger partial charge in [0.25, 0.3) is 0 Å². The van der Waals surface area contributed by atoms with Gasteiger partial charge in [0.15, 0.2) is 6.19 Å². The van der Waals surface area contributed by atoms with Crippen LogP contribution in [0, 0.1) is 34.6 Å². The molecule has 1 amide bonds. The first-order chi connectivity index (χ1) is 17.2. The van der Waals surface area contributed by atoms with Crippen molar-refractivity contribution >= 4 is 29.0 Å². The summed E-state index contributed by atoms with van der Waals surface area (Å²) in [7, 11) is 0. The third kappa shape index (κ3) is 4.41. The molecule has 4 saturated carbocycles. The largest absolute Gasteiger partial charge is 0.478 e. The summed E-state index contributed by atoms with van der Waals surface area (Å²) in [5.41, 5.74) is 0.397. The highest BCUT2D eigenvalue weighted by Crippen LogP contribution is 2.61. The van der Waals surface area contributed by atoms with Crippen molar-refractivity contribution in [3.05, 3.63) is 57.8 Å². The SMILES string of the molecule is CC(C)(C(=NC1C2CC3CC1CC(C(=O)NCc1ccc(C(=O)O)cc1)(C3)C2)NC#N)c1cccs1. The molecule has 4 bridgehead atoms. The van der Waals surface area contributed by atoms with E-state index in [1.807, 2.05) is 11.4 Å². The molecule has 1 heterocycles. The third-order valence-corrected chi connectivity index (χ3v) is 9.73. The molecule has 0 aliphatic heterocycles. The molecule has 6 rings (SSSR count). The second-order valence-electron chi connectivity index (χ2n) is 11.2. The summed E-state index contributed by atoms with van der Waals surface area (Å²) in [6, 6.07) is 10.9. The van der Waals surface area contributed by atoms with E-state index in [0.717, 1.165) is 37.7 Å². The predicted octanol–water partition coefficient (Wildman–Crippen LogP) is 4.70. The maximum atomic E-state index is 13.5. The topological polar surface area (TPSA) is 115 Å². The monoisotopic (exact) mass is 504 g/mol. The first kappa shape index (κ1) is 24.5. The van der Waals surface area contributed by atoms with E-state index in [9.17, 15) is 14.9 Å². The van der Waals surface area contributed by atoms with E-state index in [-0.39, 0.29) is 28.3 Å². The number of carbonyl (C=O) groups excluding carboxylic acids is 1. The first-order valence-electron chi connectivity index (χ1n) is 12.6. The molecule has 3 N–H and O–H groups in total. The molecule has 4 aliphatic carbocycles. The summed E-state index contributed by atoms with van der Waals surface area (Å²) >= 11 is 1.67. The molecule has 1 aromatic carbocycles. The Morgan fingerprint density at radius 3 is 2.44 bits per heavy atom. The number of aliphatic imine (C=N–C) groups is 1. The molecular formula is C28H32N4O3S. The highest BCUT2D eigenvalue weighted by Gasteiger charge is 2.58. The van der Waals surface area contributed by atoms with Crippen LogP contribution in [0.15, 0.2) is 46.8 Å². The number of aromatic carboxylic acids is 1. The van der Waals surface area contributed by atoms with Gasteiger partial charge in [-0.05, 0) is 92.8 Å². The molecule has 0 spiro atoms. The van der Waals surface area contributed by atoms with Crippen molar-refractivity contribution in [1.82, 2.24) is 10.6 Å². The second-order valence-corrected chi connectivity index (χ2v) is 12.2. The minimum atomic E-state index is -0.955. The Balaban J connectivity index is 1.32. The molecule has 4 fully saturated rings. The minimum Gasteiger partial charge on any atom is -0.478 e. The number of thiophene rings is 1. The zero-order valence-electron chi connectivity index (χ0n) is 20.7. The number of nitrogens with zero attached hydrogens (tertiary/aromatic N) is 2. The molecule has 2 aromatic rings. The lowest BCUT2D eigenvalue weighted by Gasteiger charge is -2.58. The number of amidine groups is 1. The summed E-state index contributed by atoms with van der Waals surface area (Å²) in [6.45, 7) is 4.61. The van der Waals surface area contributed by atoms with Crippen molar-refractivity contribution < 1.29 is 14.7 Å². The van der Waals surface area contributed by atoms with E-state index in [1.165, 1.54) is 4.88 Å². The molecule has 8 heteroatoms. The molecule has 0 saturated heterocycles. The second kappa shape index (κ2) is 9.36. The van der Waals surface area contributed by atoms with Crippen LogP contribution in [0.4, 0.5) is 0 Å². The molecule has 7 nitrogen and oxygen atoms in total. The number of rotatable bonds is 7. The average Bonchev–Trinajstić information content (AvgIpc) is 3.40. The molecule has 36 heavy (non-hydrogen) atoms. The van der Waals surface area contributed by atoms with E-state index in [4.69, 9.17) is 10.1 Å². The number of carboxylic acids is 1. The molecule has 2 atom stereocenters. The minimum absolute atomic E-state index is 0.112. The lowest BCUT2D eigenvalue weighted by Crippen LogP contribution is -2.58. The number of carbonyl (C=O) groups is 2. The Hall–Kier alpha value is -3.18. The Kier molecular flexibility index (Phi) is 6.37. The highest BCUT2D eigenvalue weighted by molar-refractivity contribution is 7.10. The van der Waals surface area contributed by atoms with Gasteiger partial charge in [-0.1, -0.05) is 18.2 Å². The Labute approximate surface area is 215 Å². The van der Waals surface area contributed by atoms with Crippen LogP contribution in [0.2, 0.25) is 0 Å². The average molecular weight is 505 g/mol. The van der Waals surface area contributed by atoms with E-state index in [1.54, 1.807) is 35.6 Å². The van der Waals surface area contributed by atoms with Gasteiger partial charge in [-0.15, -0.1) is 11.3 Å². The summed E-state index contributed by atoms with van der Waals surface area (Å²) in [5, 5.41) is 26.7. The van der Waals surface area contributed by atoms with E-state index >= 15 is 0 Å². The van der Waals surface area contributed by atoms with Crippen LogP contribution in [-0.2, 0) is 16.8 Å². The van der Waals surface area contributed by atoms with Crippen LogP contribution < -0.4 is 10.6 Å². The van der Waals surface area contributed by atoms with Gasteiger partial charge in [0.05, 0.1) is 22.4 Å². The number of nitrogens with one attached hydrogen (secondary N) is 2. The van der Waals surface area contributed by atoms with E-state index in [2.05, 4.69) is 36.7 Å². The molecule has 4 aliphatic rings. The fourth-order valence-corrected chi connectivity index (χ4v) is 7.78. The van der Waals surface area contributed by atoms with E-state index < -0.39 is 5.97 Å². The zero-order chi connectivity index (χ0) is 25.5. The van der Waals surface area contributed by atoms with Crippen LogP contribution >= 0.6 is 11.3 Å². The van der Waals surface area contributed by atoms with Crippen LogP contribution in [0.1, 0.15) is 66.8 Å². The van der Waals surface area contributed by atoms with Gasteiger partial charge in [0, 0.05) is 11.4 Å². The molecule has 0 radical (unpaired) electrons. The first-order valence-corrected chi connectivity index (χ1v) is 13.5. The summed E-state index contributed by atoms with van der Waals surface area (Å²) in [6.07, 6.45) is 6.89. The van der Waals surface area contributed by atoms with Crippen molar-refractivity contribution in [2.24, 2.45) is 28.2 Å². The number of benzene rings is 1. The maximum absolute atomic E-state index is 13.5. The third-order valence-electron chi connectivity index (χ3n) is 8.54. The number of amides is 1. The Bertz CT molecular complexity index is 1200. The fourth-order valence-electron chi connectivity index (χ4n) is 6.92.